The number of nitrogens with zero attached hydrogens (tertiary/aromatic N) is 4. The normalized spacial score (nSPS) is 23.3. The summed E-state index contributed by atoms with van der Waals surface area (Å²) in [5, 5.41) is 28.0. The Morgan fingerprint density at radius 2 is 1.39 bits per heavy atom. The maximum absolute atomic E-state index is 12.1. The Hall–Kier alpha value is -2.57. The average Bonchev–Trinajstić information content (AvgIpc) is 2.95. The molecule has 2 heterocycles. The van der Waals surface area contributed by atoms with E-state index in [4.69, 9.17) is 10.2 Å². The number of hydrogen-bond acceptors (Lipinski definition) is 8. The number of carboxylic acid groups (broad SMARTS) is 3. The van der Waals surface area contributed by atoms with E-state index in [2.05, 4.69) is 0 Å². The molecular formula is C19H30N4O8. The Morgan fingerprint density at radius 1 is 0.903 bits per heavy atom. The minimum atomic E-state index is -1.11. The van der Waals surface area contributed by atoms with Crippen LogP contribution < -0.4 is 0 Å². The van der Waals surface area contributed by atoms with E-state index < -0.39 is 29.9 Å². The third-order valence-corrected chi connectivity index (χ3v) is 5.68. The number of carbonyl (C=O) groups excluding carboxylic acids is 2. The van der Waals surface area contributed by atoms with Crippen LogP contribution in [-0.2, 0) is 24.0 Å². The lowest BCUT2D eigenvalue weighted by Gasteiger charge is -2.31. The minimum Gasteiger partial charge on any atom is -0.480 e. The third-order valence-electron chi connectivity index (χ3n) is 5.68. The van der Waals surface area contributed by atoms with Crippen molar-refractivity contribution < 1.29 is 39.3 Å². The monoisotopic (exact) mass is 442 g/mol. The Kier molecular flexibility index (Phi) is 8.89. The van der Waals surface area contributed by atoms with Crippen molar-refractivity contribution in [3.63, 3.8) is 0 Å². The fraction of sp³-hybridized carbons (Fsp3) is 0.737. The Labute approximate surface area is 180 Å². The van der Waals surface area contributed by atoms with Crippen LogP contribution in [0.25, 0.3) is 0 Å². The van der Waals surface area contributed by atoms with Crippen LogP contribution in [0.15, 0.2) is 0 Å². The van der Waals surface area contributed by atoms with Gasteiger partial charge in [0.2, 0.25) is 11.8 Å². The van der Waals surface area contributed by atoms with Crippen LogP contribution in [0.2, 0.25) is 0 Å². The van der Waals surface area contributed by atoms with Crippen LogP contribution >= 0.6 is 0 Å². The first-order valence-electron chi connectivity index (χ1n) is 10.3. The summed E-state index contributed by atoms with van der Waals surface area (Å²) < 4.78 is 0. The topological polar surface area (TPSA) is 159 Å². The molecule has 2 fully saturated rings. The summed E-state index contributed by atoms with van der Waals surface area (Å²) in [5.41, 5.74) is 0. The number of rotatable bonds is 9. The number of likely N-dealkylation sites (tertiary alicyclic amines) is 1. The Bertz CT molecular complexity index is 687. The second kappa shape index (κ2) is 11.2. The number of carbonyl (C=O) groups is 5. The predicted octanol–water partition coefficient (Wildman–Crippen LogP) is -1.69. The highest BCUT2D eigenvalue weighted by atomic mass is 16.4. The van der Waals surface area contributed by atoms with Gasteiger partial charge in [-0.1, -0.05) is 6.92 Å². The van der Waals surface area contributed by atoms with Crippen LogP contribution in [0.1, 0.15) is 19.8 Å². The fourth-order valence-electron chi connectivity index (χ4n) is 3.97. The van der Waals surface area contributed by atoms with E-state index in [1.807, 2.05) is 0 Å². The summed E-state index contributed by atoms with van der Waals surface area (Å²) in [6.45, 7) is 3.01. The molecule has 0 aromatic heterocycles. The van der Waals surface area contributed by atoms with Crippen molar-refractivity contribution in [3.8, 4) is 0 Å². The number of carboxylic acids is 3. The summed E-state index contributed by atoms with van der Waals surface area (Å²) in [4.78, 5) is 64.5. The van der Waals surface area contributed by atoms with E-state index in [0.717, 1.165) is 4.90 Å². The van der Waals surface area contributed by atoms with E-state index in [1.165, 1.54) is 0 Å². The molecule has 2 aliphatic heterocycles. The van der Waals surface area contributed by atoms with Crippen molar-refractivity contribution in [2.24, 2.45) is 5.92 Å². The molecule has 0 radical (unpaired) electrons. The second-order valence-electron chi connectivity index (χ2n) is 8.01. The maximum Gasteiger partial charge on any atom is 0.320 e. The molecule has 3 N–H and O–H groups in total. The molecular weight excluding hydrogens is 412 g/mol. The van der Waals surface area contributed by atoms with E-state index >= 15 is 0 Å². The van der Waals surface area contributed by atoms with Gasteiger partial charge >= 0.3 is 17.9 Å². The van der Waals surface area contributed by atoms with Gasteiger partial charge in [-0.05, 0) is 6.42 Å². The average molecular weight is 442 g/mol. The van der Waals surface area contributed by atoms with Gasteiger partial charge in [0.25, 0.3) is 0 Å². The summed E-state index contributed by atoms with van der Waals surface area (Å²) in [7, 11) is 0. The molecule has 2 saturated heterocycles. The lowest BCUT2D eigenvalue weighted by atomic mass is 10.1. The zero-order valence-electron chi connectivity index (χ0n) is 17.6. The predicted molar refractivity (Wildman–Crippen MR) is 106 cm³/mol. The first-order valence-corrected chi connectivity index (χ1v) is 10.3. The number of aliphatic carboxylic acids is 3. The van der Waals surface area contributed by atoms with Crippen LogP contribution in [-0.4, -0.2) is 130 Å². The molecule has 0 aromatic carbocycles. The quantitative estimate of drug-likeness (QED) is 0.350. The Morgan fingerprint density at radius 3 is 1.77 bits per heavy atom. The van der Waals surface area contributed by atoms with Crippen molar-refractivity contribution >= 4 is 29.7 Å². The zero-order chi connectivity index (χ0) is 23.1. The maximum atomic E-state index is 12.1. The van der Waals surface area contributed by atoms with Crippen LogP contribution in [0.4, 0.5) is 0 Å². The molecule has 2 atom stereocenters. The molecule has 0 aromatic rings. The highest BCUT2D eigenvalue weighted by molar-refractivity contribution is 6.03. The SMILES string of the molecule is CC1CC(=O)N(CC[C@@H](C(=O)O)N2CCN(CC(=O)O)CCN(CC(=O)O)CC2)C1=O. The molecule has 0 saturated carbocycles. The van der Waals surface area contributed by atoms with Crippen LogP contribution in [0, 0.1) is 5.92 Å². The third kappa shape index (κ3) is 7.26. The Balaban J connectivity index is 2.11. The summed E-state index contributed by atoms with van der Waals surface area (Å²) in [6, 6.07) is -0.993. The molecule has 0 spiro atoms. The van der Waals surface area contributed by atoms with Crippen molar-refractivity contribution in [3.05, 3.63) is 0 Å². The molecule has 0 aliphatic carbocycles. The van der Waals surface area contributed by atoms with E-state index in [9.17, 15) is 29.1 Å². The molecule has 31 heavy (non-hydrogen) atoms. The molecule has 12 heteroatoms. The molecule has 2 rings (SSSR count). The van der Waals surface area contributed by atoms with Crippen LogP contribution in [0.3, 0.4) is 0 Å². The van der Waals surface area contributed by atoms with Crippen LogP contribution in [0.5, 0.6) is 0 Å². The fourth-order valence-corrected chi connectivity index (χ4v) is 3.97. The molecule has 2 aliphatic rings. The highest BCUT2D eigenvalue weighted by Crippen LogP contribution is 2.20. The van der Waals surface area contributed by atoms with Gasteiger partial charge in [0.1, 0.15) is 6.04 Å². The van der Waals surface area contributed by atoms with Gasteiger partial charge in [-0.2, -0.15) is 0 Å². The van der Waals surface area contributed by atoms with Gasteiger partial charge in [0.05, 0.1) is 13.1 Å². The standard InChI is InChI=1S/C19H30N4O8/c1-13-10-15(24)23(18(13)29)3-2-14(19(30)31)22-8-6-20(11-16(25)26)4-5-21(7-9-22)12-17(27)28/h13-14H,2-12H2,1H3,(H,25,26)(H,27,28)(H,30,31)/t13?,14-/m0/s1. The van der Waals surface area contributed by atoms with Gasteiger partial charge < -0.3 is 15.3 Å². The van der Waals surface area contributed by atoms with Crippen molar-refractivity contribution in [1.82, 2.24) is 19.6 Å². The molecule has 1 unspecified atom stereocenters. The van der Waals surface area contributed by atoms with E-state index in [-0.39, 0.29) is 57.4 Å². The lowest BCUT2D eigenvalue weighted by Crippen LogP contribution is -2.48. The number of amides is 2. The van der Waals surface area contributed by atoms with E-state index in [0.29, 0.717) is 26.2 Å². The first kappa shape index (κ1) is 24.7. The van der Waals surface area contributed by atoms with Gasteiger partial charge in [0, 0.05) is 58.2 Å². The van der Waals surface area contributed by atoms with Crippen molar-refractivity contribution in [1.29, 1.82) is 0 Å². The number of imide groups is 1. The van der Waals surface area contributed by atoms with Crippen molar-refractivity contribution in [2.45, 2.75) is 25.8 Å². The smallest absolute Gasteiger partial charge is 0.320 e. The highest BCUT2D eigenvalue weighted by Gasteiger charge is 2.37. The molecule has 0 bridgehead atoms. The van der Waals surface area contributed by atoms with Gasteiger partial charge in [-0.3, -0.25) is 43.6 Å². The summed E-state index contributed by atoms with van der Waals surface area (Å²) in [6.07, 6.45) is 0.159. The number of hydrogen-bond donors (Lipinski definition) is 3. The molecule has 12 nitrogen and oxygen atoms in total. The van der Waals surface area contributed by atoms with Gasteiger partial charge in [0.15, 0.2) is 0 Å². The summed E-state index contributed by atoms with van der Waals surface area (Å²) in [5.74, 6) is -4.18. The minimum absolute atomic E-state index is 0.00679. The first-order chi connectivity index (χ1) is 14.6. The second-order valence-corrected chi connectivity index (χ2v) is 8.01. The van der Waals surface area contributed by atoms with E-state index in [1.54, 1.807) is 21.6 Å². The van der Waals surface area contributed by atoms with Gasteiger partial charge in [-0.25, -0.2) is 0 Å². The summed E-state index contributed by atoms with van der Waals surface area (Å²) >= 11 is 0. The molecule has 174 valence electrons. The van der Waals surface area contributed by atoms with Crippen molar-refractivity contribution in [2.75, 3.05) is 58.9 Å². The van der Waals surface area contributed by atoms with Gasteiger partial charge in [-0.15, -0.1) is 0 Å². The molecule has 2 amide bonds. The zero-order valence-corrected chi connectivity index (χ0v) is 17.6. The lowest BCUT2D eigenvalue weighted by molar-refractivity contribution is -0.146. The largest absolute Gasteiger partial charge is 0.480 e.